The lowest BCUT2D eigenvalue weighted by molar-refractivity contribution is -0.139. The van der Waals surface area contributed by atoms with Gasteiger partial charge in [0, 0.05) is 19.2 Å². The number of carboxylic acids is 1. The Balaban J connectivity index is 2.11. The summed E-state index contributed by atoms with van der Waals surface area (Å²) >= 11 is 0. The van der Waals surface area contributed by atoms with Crippen LogP contribution in [0, 0.1) is 6.92 Å². The molecule has 2 rings (SSSR count). The second kappa shape index (κ2) is 6.26. The first-order valence-corrected chi connectivity index (χ1v) is 6.69. The highest BCUT2D eigenvalue weighted by atomic mass is 16.4. The third kappa shape index (κ3) is 3.51. The van der Waals surface area contributed by atoms with E-state index in [0.717, 1.165) is 11.3 Å². The largest absolute Gasteiger partial charge is 0.480 e. The summed E-state index contributed by atoms with van der Waals surface area (Å²) in [5, 5.41) is 11.9. The molecule has 0 saturated carbocycles. The fourth-order valence-corrected chi connectivity index (χ4v) is 2.12. The van der Waals surface area contributed by atoms with Gasteiger partial charge in [-0.15, -0.1) is 0 Å². The van der Waals surface area contributed by atoms with Crippen LogP contribution in [0.5, 0.6) is 0 Å². The van der Waals surface area contributed by atoms with Crippen molar-refractivity contribution in [1.82, 2.24) is 9.88 Å². The molecule has 0 unspecified atom stereocenters. The summed E-state index contributed by atoms with van der Waals surface area (Å²) in [5.74, 6) is -1.42. The van der Waals surface area contributed by atoms with Crippen molar-refractivity contribution in [3.63, 3.8) is 0 Å². The van der Waals surface area contributed by atoms with Crippen molar-refractivity contribution in [2.24, 2.45) is 7.05 Å². The molecule has 0 radical (unpaired) electrons. The fraction of sp³-hybridized carbons (Fsp3) is 0.250. The molecule has 0 aliphatic carbocycles. The van der Waals surface area contributed by atoms with Crippen LogP contribution in [-0.2, 0) is 18.3 Å². The molecule has 5 heteroatoms. The molecule has 0 fully saturated rings. The molecule has 110 valence electrons. The van der Waals surface area contributed by atoms with Crippen LogP contribution in [0.15, 0.2) is 42.5 Å². The topological polar surface area (TPSA) is 71.3 Å². The van der Waals surface area contributed by atoms with Crippen molar-refractivity contribution in [3.05, 3.63) is 59.4 Å². The van der Waals surface area contributed by atoms with Gasteiger partial charge in [0.1, 0.15) is 11.7 Å². The molecule has 2 N–H and O–H groups in total. The van der Waals surface area contributed by atoms with Gasteiger partial charge in [0.15, 0.2) is 0 Å². The van der Waals surface area contributed by atoms with Gasteiger partial charge in [-0.05, 0) is 24.6 Å². The van der Waals surface area contributed by atoms with Crippen molar-refractivity contribution < 1.29 is 14.7 Å². The van der Waals surface area contributed by atoms with Crippen LogP contribution in [0.3, 0.4) is 0 Å². The molecular formula is C16H18N2O3. The fourth-order valence-electron chi connectivity index (χ4n) is 2.12. The summed E-state index contributed by atoms with van der Waals surface area (Å²) in [5.41, 5.74) is 2.26. The van der Waals surface area contributed by atoms with Crippen LogP contribution in [0.2, 0.25) is 0 Å². The minimum Gasteiger partial charge on any atom is -0.480 e. The number of rotatable bonds is 5. The molecule has 0 aliphatic rings. The Morgan fingerprint density at radius 1 is 1.19 bits per heavy atom. The van der Waals surface area contributed by atoms with E-state index in [-0.39, 0.29) is 12.3 Å². The predicted molar refractivity (Wildman–Crippen MR) is 79.2 cm³/mol. The molecule has 1 aromatic heterocycles. The van der Waals surface area contributed by atoms with Crippen molar-refractivity contribution in [1.29, 1.82) is 0 Å². The van der Waals surface area contributed by atoms with Crippen LogP contribution in [0.1, 0.15) is 21.7 Å². The molecular weight excluding hydrogens is 268 g/mol. The zero-order chi connectivity index (χ0) is 15.4. The third-order valence-electron chi connectivity index (χ3n) is 3.49. The summed E-state index contributed by atoms with van der Waals surface area (Å²) < 4.78 is 1.73. The van der Waals surface area contributed by atoms with E-state index in [1.165, 1.54) is 0 Å². The number of carboxylic acid groups (broad SMARTS) is 1. The maximum atomic E-state index is 12.2. The Hall–Kier alpha value is -2.56. The number of aryl methyl sites for hydroxylation is 1. The van der Waals surface area contributed by atoms with Gasteiger partial charge in [-0.25, -0.2) is 4.79 Å². The van der Waals surface area contributed by atoms with Gasteiger partial charge in [0.25, 0.3) is 5.91 Å². The molecule has 1 aromatic carbocycles. The van der Waals surface area contributed by atoms with Crippen molar-refractivity contribution in [3.8, 4) is 0 Å². The quantitative estimate of drug-likeness (QED) is 0.879. The highest BCUT2D eigenvalue weighted by molar-refractivity contribution is 5.95. The number of nitrogens with one attached hydrogen (secondary N) is 1. The number of aliphatic carboxylic acids is 1. The van der Waals surface area contributed by atoms with Gasteiger partial charge >= 0.3 is 5.97 Å². The molecule has 1 amide bonds. The Labute approximate surface area is 123 Å². The molecule has 1 atom stereocenters. The molecule has 1 heterocycles. The Morgan fingerprint density at radius 2 is 1.86 bits per heavy atom. The zero-order valence-corrected chi connectivity index (χ0v) is 12.0. The van der Waals surface area contributed by atoms with Gasteiger partial charge < -0.3 is 15.0 Å². The molecule has 21 heavy (non-hydrogen) atoms. The number of carbonyl (C=O) groups excluding carboxylic acids is 1. The van der Waals surface area contributed by atoms with E-state index in [9.17, 15) is 14.7 Å². The van der Waals surface area contributed by atoms with E-state index in [1.54, 1.807) is 17.7 Å². The Kier molecular flexibility index (Phi) is 4.42. The first-order valence-electron chi connectivity index (χ1n) is 6.69. The summed E-state index contributed by atoms with van der Waals surface area (Å²) in [6, 6.07) is 11.8. The first kappa shape index (κ1) is 14.8. The van der Waals surface area contributed by atoms with Gasteiger partial charge in [-0.3, -0.25) is 4.79 Å². The Morgan fingerprint density at radius 3 is 2.38 bits per heavy atom. The van der Waals surface area contributed by atoms with E-state index in [2.05, 4.69) is 5.32 Å². The minimum absolute atomic E-state index is 0.255. The number of hydrogen-bond donors (Lipinski definition) is 2. The lowest BCUT2D eigenvalue weighted by Gasteiger charge is -2.15. The smallest absolute Gasteiger partial charge is 0.326 e. The van der Waals surface area contributed by atoms with E-state index in [1.807, 2.05) is 43.3 Å². The van der Waals surface area contributed by atoms with Crippen LogP contribution >= 0.6 is 0 Å². The summed E-state index contributed by atoms with van der Waals surface area (Å²) in [4.78, 5) is 23.5. The van der Waals surface area contributed by atoms with Crippen LogP contribution in [0.25, 0.3) is 0 Å². The van der Waals surface area contributed by atoms with E-state index in [4.69, 9.17) is 0 Å². The standard InChI is InChI=1S/C16H18N2O3/c1-11-8-9-14(18(11)2)15(19)17-13(16(20)21)10-12-6-4-3-5-7-12/h3-9,13H,10H2,1-2H3,(H,17,19)(H,20,21)/t13-/m1/s1. The van der Waals surface area contributed by atoms with Crippen molar-refractivity contribution >= 4 is 11.9 Å². The number of carbonyl (C=O) groups is 2. The SMILES string of the molecule is Cc1ccc(C(=O)N[C@H](Cc2ccccc2)C(=O)O)n1C. The normalized spacial score (nSPS) is 11.9. The van der Waals surface area contributed by atoms with Gasteiger partial charge in [0.05, 0.1) is 0 Å². The van der Waals surface area contributed by atoms with Gasteiger partial charge in [-0.1, -0.05) is 30.3 Å². The lowest BCUT2D eigenvalue weighted by atomic mass is 10.1. The third-order valence-corrected chi connectivity index (χ3v) is 3.49. The molecule has 5 nitrogen and oxygen atoms in total. The summed E-state index contributed by atoms with van der Waals surface area (Å²) in [6.07, 6.45) is 0.255. The number of nitrogens with zero attached hydrogens (tertiary/aromatic N) is 1. The monoisotopic (exact) mass is 286 g/mol. The van der Waals surface area contributed by atoms with Crippen molar-refractivity contribution in [2.75, 3.05) is 0 Å². The first-order chi connectivity index (χ1) is 9.99. The van der Waals surface area contributed by atoms with Crippen molar-refractivity contribution in [2.45, 2.75) is 19.4 Å². The number of hydrogen-bond acceptors (Lipinski definition) is 2. The van der Waals surface area contributed by atoms with Gasteiger partial charge in [-0.2, -0.15) is 0 Å². The average molecular weight is 286 g/mol. The highest BCUT2D eigenvalue weighted by Crippen LogP contribution is 2.08. The predicted octanol–water partition coefficient (Wildman–Crippen LogP) is 1.76. The number of amides is 1. The van der Waals surface area contributed by atoms with E-state index >= 15 is 0 Å². The van der Waals surface area contributed by atoms with E-state index < -0.39 is 12.0 Å². The second-order valence-corrected chi connectivity index (χ2v) is 4.97. The lowest BCUT2D eigenvalue weighted by Crippen LogP contribution is -2.42. The number of aromatic nitrogens is 1. The molecule has 2 aromatic rings. The summed E-state index contributed by atoms with van der Waals surface area (Å²) in [6.45, 7) is 1.88. The molecule has 0 saturated heterocycles. The Bertz CT molecular complexity index is 647. The zero-order valence-electron chi connectivity index (χ0n) is 12.0. The van der Waals surface area contributed by atoms with Gasteiger partial charge in [0.2, 0.25) is 0 Å². The van der Waals surface area contributed by atoms with E-state index in [0.29, 0.717) is 5.69 Å². The molecule has 0 aliphatic heterocycles. The number of benzene rings is 1. The average Bonchev–Trinajstić information content (AvgIpc) is 2.79. The minimum atomic E-state index is -1.04. The maximum Gasteiger partial charge on any atom is 0.326 e. The van der Waals surface area contributed by atoms with Crippen LogP contribution < -0.4 is 5.32 Å². The molecule has 0 spiro atoms. The maximum absolute atomic E-state index is 12.2. The summed E-state index contributed by atoms with van der Waals surface area (Å²) in [7, 11) is 1.78. The molecule has 0 bridgehead atoms. The highest BCUT2D eigenvalue weighted by Gasteiger charge is 2.22. The van der Waals surface area contributed by atoms with Crippen LogP contribution in [-0.4, -0.2) is 27.6 Å². The van der Waals surface area contributed by atoms with Crippen LogP contribution in [0.4, 0.5) is 0 Å². The second-order valence-electron chi connectivity index (χ2n) is 4.97.